The SMILES string of the molecule is CC(NC(=O)CCl)C(=O)N1CCCC1. The van der Waals surface area contributed by atoms with Crippen molar-refractivity contribution in [1.82, 2.24) is 10.2 Å². The number of halogens is 1. The second-order valence-electron chi connectivity index (χ2n) is 3.46. The van der Waals surface area contributed by atoms with E-state index in [0.29, 0.717) is 0 Å². The lowest BCUT2D eigenvalue weighted by Gasteiger charge is -2.20. The second kappa shape index (κ2) is 5.20. The normalized spacial score (nSPS) is 18.0. The van der Waals surface area contributed by atoms with Crippen LogP contribution >= 0.6 is 11.6 Å². The lowest BCUT2D eigenvalue weighted by Crippen LogP contribution is -2.46. The van der Waals surface area contributed by atoms with Gasteiger partial charge < -0.3 is 10.2 Å². The molecule has 4 nitrogen and oxygen atoms in total. The van der Waals surface area contributed by atoms with E-state index >= 15 is 0 Å². The van der Waals surface area contributed by atoms with Crippen molar-refractivity contribution in [2.75, 3.05) is 19.0 Å². The molecule has 0 radical (unpaired) electrons. The van der Waals surface area contributed by atoms with E-state index in [-0.39, 0.29) is 17.7 Å². The van der Waals surface area contributed by atoms with Gasteiger partial charge in [0, 0.05) is 13.1 Å². The molecule has 80 valence electrons. The van der Waals surface area contributed by atoms with Crippen LogP contribution in [0.2, 0.25) is 0 Å². The van der Waals surface area contributed by atoms with Gasteiger partial charge in [-0.2, -0.15) is 0 Å². The molecule has 1 unspecified atom stereocenters. The fourth-order valence-corrected chi connectivity index (χ4v) is 1.63. The number of hydrogen-bond donors (Lipinski definition) is 1. The average molecular weight is 219 g/mol. The number of rotatable bonds is 3. The Morgan fingerprint density at radius 2 is 2.00 bits per heavy atom. The number of carbonyl (C=O) groups excluding carboxylic acids is 2. The molecule has 1 aliphatic heterocycles. The van der Waals surface area contributed by atoms with Gasteiger partial charge in [0.05, 0.1) is 0 Å². The van der Waals surface area contributed by atoms with Crippen LogP contribution in [-0.2, 0) is 9.59 Å². The Hall–Kier alpha value is -0.770. The van der Waals surface area contributed by atoms with Crippen molar-refractivity contribution in [3.8, 4) is 0 Å². The molecule has 1 saturated heterocycles. The first-order valence-corrected chi connectivity index (χ1v) is 5.32. The third kappa shape index (κ3) is 2.87. The highest BCUT2D eigenvalue weighted by molar-refractivity contribution is 6.27. The topological polar surface area (TPSA) is 49.4 Å². The summed E-state index contributed by atoms with van der Waals surface area (Å²) in [6, 6.07) is -0.459. The van der Waals surface area contributed by atoms with Crippen LogP contribution in [0.15, 0.2) is 0 Å². The molecule has 1 heterocycles. The summed E-state index contributed by atoms with van der Waals surface area (Å²) >= 11 is 5.32. The van der Waals surface area contributed by atoms with E-state index in [4.69, 9.17) is 11.6 Å². The molecule has 0 aromatic carbocycles. The average Bonchev–Trinajstić information content (AvgIpc) is 2.69. The van der Waals surface area contributed by atoms with Crippen LogP contribution in [0, 0.1) is 0 Å². The third-order valence-corrected chi connectivity index (χ3v) is 2.53. The molecular formula is C9H15ClN2O2. The molecule has 1 aliphatic rings. The number of alkyl halides is 1. The molecule has 0 bridgehead atoms. The van der Waals surface area contributed by atoms with Gasteiger partial charge in [-0.1, -0.05) is 0 Å². The minimum Gasteiger partial charge on any atom is -0.344 e. The molecule has 1 N–H and O–H groups in total. The Labute approximate surface area is 88.6 Å². The minimum absolute atomic E-state index is 0.0130. The van der Waals surface area contributed by atoms with Gasteiger partial charge in [0.1, 0.15) is 11.9 Å². The van der Waals surface area contributed by atoms with E-state index < -0.39 is 6.04 Å². The molecule has 0 saturated carbocycles. The Morgan fingerprint density at radius 3 is 2.50 bits per heavy atom. The molecule has 0 aromatic rings. The van der Waals surface area contributed by atoms with Crippen molar-refractivity contribution >= 4 is 23.4 Å². The molecule has 5 heteroatoms. The first kappa shape index (κ1) is 11.3. The lowest BCUT2D eigenvalue weighted by molar-refractivity contribution is -0.134. The monoisotopic (exact) mass is 218 g/mol. The number of hydrogen-bond acceptors (Lipinski definition) is 2. The predicted molar refractivity (Wildman–Crippen MR) is 54.1 cm³/mol. The molecule has 14 heavy (non-hydrogen) atoms. The summed E-state index contributed by atoms with van der Waals surface area (Å²) in [5.41, 5.74) is 0. The first-order chi connectivity index (χ1) is 6.65. The van der Waals surface area contributed by atoms with Crippen LogP contribution in [0.4, 0.5) is 0 Å². The van der Waals surface area contributed by atoms with E-state index in [1.54, 1.807) is 11.8 Å². The van der Waals surface area contributed by atoms with Crippen molar-refractivity contribution in [3.05, 3.63) is 0 Å². The summed E-state index contributed by atoms with van der Waals surface area (Å²) in [5.74, 6) is -0.412. The van der Waals surface area contributed by atoms with Crippen LogP contribution in [0.3, 0.4) is 0 Å². The Kier molecular flexibility index (Phi) is 4.20. The van der Waals surface area contributed by atoms with Crippen LogP contribution in [-0.4, -0.2) is 41.7 Å². The number of amides is 2. The largest absolute Gasteiger partial charge is 0.344 e. The highest BCUT2D eigenvalue weighted by Crippen LogP contribution is 2.08. The van der Waals surface area contributed by atoms with Crippen molar-refractivity contribution in [1.29, 1.82) is 0 Å². The Bertz CT molecular complexity index is 227. The summed E-state index contributed by atoms with van der Waals surface area (Å²) < 4.78 is 0. The number of carbonyl (C=O) groups is 2. The van der Waals surface area contributed by atoms with Gasteiger partial charge in [-0.25, -0.2) is 0 Å². The Balaban J connectivity index is 2.39. The van der Waals surface area contributed by atoms with Crippen molar-refractivity contribution in [2.24, 2.45) is 0 Å². The van der Waals surface area contributed by atoms with Gasteiger partial charge in [0.15, 0.2) is 0 Å². The maximum absolute atomic E-state index is 11.7. The molecule has 1 atom stereocenters. The van der Waals surface area contributed by atoms with Crippen LogP contribution in [0.5, 0.6) is 0 Å². The second-order valence-corrected chi connectivity index (χ2v) is 3.72. The smallest absolute Gasteiger partial charge is 0.244 e. The molecule has 0 aromatic heterocycles. The van der Waals surface area contributed by atoms with Crippen molar-refractivity contribution in [2.45, 2.75) is 25.8 Å². The van der Waals surface area contributed by atoms with E-state index in [1.165, 1.54) is 0 Å². The quantitative estimate of drug-likeness (QED) is 0.696. The zero-order valence-corrected chi connectivity index (χ0v) is 9.01. The molecule has 0 spiro atoms. The number of likely N-dealkylation sites (tertiary alicyclic amines) is 1. The molecule has 0 aliphatic carbocycles. The third-order valence-electron chi connectivity index (χ3n) is 2.29. The summed E-state index contributed by atoms with van der Waals surface area (Å²) in [5, 5.41) is 2.54. The first-order valence-electron chi connectivity index (χ1n) is 4.79. The summed E-state index contributed by atoms with van der Waals surface area (Å²) in [6.45, 7) is 3.30. The summed E-state index contributed by atoms with van der Waals surface area (Å²) in [6.07, 6.45) is 2.11. The van der Waals surface area contributed by atoms with E-state index in [1.807, 2.05) is 0 Å². The minimum atomic E-state index is -0.459. The van der Waals surface area contributed by atoms with E-state index in [2.05, 4.69) is 5.32 Å². The van der Waals surface area contributed by atoms with E-state index in [0.717, 1.165) is 25.9 Å². The van der Waals surface area contributed by atoms with Gasteiger partial charge in [-0.3, -0.25) is 9.59 Å². The van der Waals surface area contributed by atoms with Gasteiger partial charge in [-0.15, -0.1) is 11.6 Å². The van der Waals surface area contributed by atoms with Gasteiger partial charge >= 0.3 is 0 Å². The van der Waals surface area contributed by atoms with Crippen molar-refractivity contribution < 1.29 is 9.59 Å². The highest BCUT2D eigenvalue weighted by Gasteiger charge is 2.23. The number of nitrogens with one attached hydrogen (secondary N) is 1. The van der Waals surface area contributed by atoms with Crippen LogP contribution < -0.4 is 5.32 Å². The van der Waals surface area contributed by atoms with E-state index in [9.17, 15) is 9.59 Å². The fraction of sp³-hybridized carbons (Fsp3) is 0.778. The summed E-state index contributed by atoms with van der Waals surface area (Å²) in [4.78, 5) is 24.4. The lowest BCUT2D eigenvalue weighted by atomic mass is 10.3. The van der Waals surface area contributed by atoms with Gasteiger partial charge in [0.2, 0.25) is 11.8 Å². The van der Waals surface area contributed by atoms with Gasteiger partial charge in [0.25, 0.3) is 0 Å². The molecule has 1 fully saturated rings. The zero-order chi connectivity index (χ0) is 10.6. The maximum Gasteiger partial charge on any atom is 0.244 e. The molecular weight excluding hydrogens is 204 g/mol. The fourth-order valence-electron chi connectivity index (χ4n) is 1.55. The van der Waals surface area contributed by atoms with Crippen LogP contribution in [0.25, 0.3) is 0 Å². The number of nitrogens with zero attached hydrogens (tertiary/aromatic N) is 1. The van der Waals surface area contributed by atoms with Gasteiger partial charge in [-0.05, 0) is 19.8 Å². The summed E-state index contributed by atoms with van der Waals surface area (Å²) in [7, 11) is 0. The zero-order valence-electron chi connectivity index (χ0n) is 8.25. The maximum atomic E-state index is 11.7. The van der Waals surface area contributed by atoms with Crippen LogP contribution in [0.1, 0.15) is 19.8 Å². The highest BCUT2D eigenvalue weighted by atomic mass is 35.5. The van der Waals surface area contributed by atoms with Crippen molar-refractivity contribution in [3.63, 3.8) is 0 Å². The standard InChI is InChI=1S/C9H15ClN2O2/c1-7(11-8(13)6-10)9(14)12-4-2-3-5-12/h7H,2-6H2,1H3,(H,11,13). The molecule has 2 amide bonds. The predicted octanol–water partition coefficient (Wildman–Crippen LogP) is 0.352. The Morgan fingerprint density at radius 1 is 1.43 bits per heavy atom. The molecule has 1 rings (SSSR count).